The first kappa shape index (κ1) is 14.5. The minimum absolute atomic E-state index is 0.0716. The molecule has 0 fully saturated rings. The average Bonchev–Trinajstić information content (AvgIpc) is 3.00. The van der Waals surface area contributed by atoms with Crippen molar-refractivity contribution < 1.29 is 4.79 Å². The van der Waals surface area contributed by atoms with Crippen molar-refractivity contribution in [2.45, 2.75) is 20.4 Å². The van der Waals surface area contributed by atoms with Gasteiger partial charge in [-0.2, -0.15) is 0 Å². The van der Waals surface area contributed by atoms with Gasteiger partial charge in [0.25, 0.3) is 5.56 Å². The van der Waals surface area contributed by atoms with Crippen LogP contribution < -0.4 is 10.4 Å². The van der Waals surface area contributed by atoms with Gasteiger partial charge in [0, 0.05) is 25.4 Å². The van der Waals surface area contributed by atoms with E-state index in [1.807, 2.05) is 6.92 Å². The SMILES string of the molecule is CCn1[nH]cc(C(=O)c2ccc3sc(=O)n(C)c3c2C)c1=O. The molecule has 0 aliphatic heterocycles. The van der Waals surface area contributed by atoms with Gasteiger partial charge in [0.2, 0.25) is 5.78 Å². The van der Waals surface area contributed by atoms with E-state index in [2.05, 4.69) is 5.10 Å². The third-order valence-corrected chi connectivity index (χ3v) is 4.84. The van der Waals surface area contributed by atoms with E-state index in [0.717, 1.165) is 21.6 Å². The van der Waals surface area contributed by atoms with E-state index < -0.39 is 0 Å². The van der Waals surface area contributed by atoms with Gasteiger partial charge >= 0.3 is 4.87 Å². The molecule has 7 heteroatoms. The van der Waals surface area contributed by atoms with E-state index in [9.17, 15) is 14.4 Å². The van der Waals surface area contributed by atoms with Crippen molar-refractivity contribution in [3.8, 4) is 0 Å². The Bertz CT molecular complexity index is 1000. The second kappa shape index (κ2) is 5.10. The average molecular weight is 317 g/mol. The Morgan fingerprint density at radius 3 is 2.64 bits per heavy atom. The number of fused-ring (bicyclic) bond motifs is 1. The van der Waals surface area contributed by atoms with Crippen LogP contribution in [0.4, 0.5) is 0 Å². The number of thiazole rings is 1. The van der Waals surface area contributed by atoms with Crippen LogP contribution in [0.2, 0.25) is 0 Å². The van der Waals surface area contributed by atoms with Gasteiger partial charge in [-0.3, -0.25) is 19.1 Å². The smallest absolute Gasteiger partial charge is 0.302 e. The summed E-state index contributed by atoms with van der Waals surface area (Å²) in [5, 5.41) is 2.78. The number of aromatic amines is 1. The summed E-state index contributed by atoms with van der Waals surface area (Å²) >= 11 is 1.14. The Kier molecular flexibility index (Phi) is 3.37. The number of ketones is 1. The summed E-state index contributed by atoms with van der Waals surface area (Å²) in [7, 11) is 1.68. The van der Waals surface area contributed by atoms with Crippen molar-refractivity contribution in [2.75, 3.05) is 0 Å². The van der Waals surface area contributed by atoms with Crippen molar-refractivity contribution in [3.63, 3.8) is 0 Å². The van der Waals surface area contributed by atoms with Crippen LogP contribution in [0.25, 0.3) is 10.2 Å². The quantitative estimate of drug-likeness (QED) is 0.746. The first-order valence-electron chi connectivity index (χ1n) is 6.87. The van der Waals surface area contributed by atoms with Crippen LogP contribution in [0.3, 0.4) is 0 Å². The van der Waals surface area contributed by atoms with E-state index in [1.165, 1.54) is 15.4 Å². The lowest BCUT2D eigenvalue weighted by atomic mass is 10.00. The van der Waals surface area contributed by atoms with Gasteiger partial charge in [0.15, 0.2) is 0 Å². The molecule has 3 aromatic rings. The summed E-state index contributed by atoms with van der Waals surface area (Å²) in [5.74, 6) is -0.327. The summed E-state index contributed by atoms with van der Waals surface area (Å²) < 4.78 is 3.75. The highest BCUT2D eigenvalue weighted by atomic mass is 32.1. The first-order valence-corrected chi connectivity index (χ1v) is 7.69. The molecule has 3 rings (SSSR count). The molecule has 0 saturated heterocycles. The van der Waals surface area contributed by atoms with Crippen molar-refractivity contribution in [1.82, 2.24) is 14.3 Å². The molecule has 22 heavy (non-hydrogen) atoms. The standard InChI is InChI=1S/C15H15N3O3S/c1-4-18-14(20)10(7-16-18)13(19)9-5-6-11-12(8(9)2)17(3)15(21)22-11/h5-7,16H,4H2,1-3H3. The minimum atomic E-state index is -0.328. The largest absolute Gasteiger partial charge is 0.307 e. The Hall–Kier alpha value is -2.41. The fourth-order valence-corrected chi connectivity index (χ4v) is 3.56. The Morgan fingerprint density at radius 2 is 2.00 bits per heavy atom. The highest BCUT2D eigenvalue weighted by molar-refractivity contribution is 7.16. The lowest BCUT2D eigenvalue weighted by molar-refractivity contribution is 0.103. The number of nitrogens with zero attached hydrogens (tertiary/aromatic N) is 2. The zero-order valence-corrected chi connectivity index (χ0v) is 13.3. The topological polar surface area (TPSA) is 76.9 Å². The monoisotopic (exact) mass is 317 g/mol. The zero-order chi connectivity index (χ0) is 16.0. The van der Waals surface area contributed by atoms with Gasteiger partial charge in [-0.1, -0.05) is 11.3 Å². The lowest BCUT2D eigenvalue weighted by Gasteiger charge is -2.06. The van der Waals surface area contributed by atoms with E-state index in [-0.39, 0.29) is 21.8 Å². The van der Waals surface area contributed by atoms with Gasteiger partial charge in [-0.15, -0.1) is 0 Å². The maximum absolute atomic E-state index is 12.7. The van der Waals surface area contributed by atoms with Crippen molar-refractivity contribution >= 4 is 27.3 Å². The van der Waals surface area contributed by atoms with Crippen LogP contribution in [0.1, 0.15) is 28.4 Å². The number of hydrogen-bond donors (Lipinski definition) is 1. The number of aryl methyl sites for hydroxylation is 3. The molecule has 0 spiro atoms. The minimum Gasteiger partial charge on any atom is -0.302 e. The fourth-order valence-electron chi connectivity index (χ4n) is 2.63. The number of carbonyl (C=O) groups is 1. The molecule has 0 radical (unpaired) electrons. The maximum Gasteiger partial charge on any atom is 0.307 e. The van der Waals surface area contributed by atoms with E-state index in [4.69, 9.17) is 0 Å². The number of H-pyrrole nitrogens is 1. The van der Waals surface area contributed by atoms with Crippen molar-refractivity contribution in [3.05, 3.63) is 55.0 Å². The number of nitrogens with one attached hydrogen (secondary N) is 1. The Morgan fingerprint density at radius 1 is 1.27 bits per heavy atom. The number of rotatable bonds is 3. The lowest BCUT2D eigenvalue weighted by Crippen LogP contribution is -2.21. The molecular formula is C15H15N3O3S. The van der Waals surface area contributed by atoms with Gasteiger partial charge < -0.3 is 9.67 Å². The Balaban J connectivity index is 2.21. The summed E-state index contributed by atoms with van der Waals surface area (Å²) in [5.41, 5.74) is 1.69. The predicted molar refractivity (Wildman–Crippen MR) is 86.0 cm³/mol. The van der Waals surface area contributed by atoms with Crippen LogP contribution >= 0.6 is 11.3 Å². The molecular weight excluding hydrogens is 302 g/mol. The fraction of sp³-hybridized carbons (Fsp3) is 0.267. The predicted octanol–water partition coefficient (Wildman–Crippen LogP) is 1.65. The number of hydrogen-bond acceptors (Lipinski definition) is 4. The van der Waals surface area contributed by atoms with Crippen LogP contribution in [-0.2, 0) is 13.6 Å². The normalized spacial score (nSPS) is 11.2. The highest BCUT2D eigenvalue weighted by Crippen LogP contribution is 2.24. The van der Waals surface area contributed by atoms with Crippen LogP contribution in [0, 0.1) is 6.92 Å². The summed E-state index contributed by atoms with van der Waals surface area (Å²) in [6.45, 7) is 4.10. The molecule has 0 aliphatic carbocycles. The molecule has 0 aliphatic rings. The van der Waals surface area contributed by atoms with Gasteiger partial charge in [0.1, 0.15) is 5.56 Å². The molecule has 1 aromatic carbocycles. The van der Waals surface area contributed by atoms with Gasteiger partial charge in [0.05, 0.1) is 10.2 Å². The molecule has 2 aromatic heterocycles. The summed E-state index contributed by atoms with van der Waals surface area (Å²) in [6.07, 6.45) is 1.43. The van der Waals surface area contributed by atoms with E-state index in [1.54, 1.807) is 26.1 Å². The van der Waals surface area contributed by atoms with Crippen molar-refractivity contribution in [1.29, 1.82) is 0 Å². The van der Waals surface area contributed by atoms with E-state index >= 15 is 0 Å². The van der Waals surface area contributed by atoms with Gasteiger partial charge in [-0.05, 0) is 31.5 Å². The molecule has 0 amide bonds. The third kappa shape index (κ3) is 1.97. The first-order chi connectivity index (χ1) is 10.5. The molecule has 0 atom stereocenters. The second-order valence-electron chi connectivity index (χ2n) is 5.08. The van der Waals surface area contributed by atoms with Crippen LogP contribution in [0.5, 0.6) is 0 Å². The summed E-state index contributed by atoms with van der Waals surface area (Å²) in [6, 6.07) is 3.44. The van der Waals surface area contributed by atoms with Gasteiger partial charge in [-0.25, -0.2) is 0 Å². The molecule has 0 unspecified atom stereocenters. The van der Waals surface area contributed by atoms with Crippen LogP contribution in [-0.4, -0.2) is 20.1 Å². The number of carbonyl (C=O) groups excluding carboxylic acids is 1. The molecule has 114 valence electrons. The maximum atomic E-state index is 12.7. The molecule has 0 saturated carbocycles. The molecule has 2 heterocycles. The van der Waals surface area contributed by atoms with Crippen molar-refractivity contribution in [2.24, 2.45) is 7.05 Å². The third-order valence-electron chi connectivity index (χ3n) is 3.85. The van der Waals surface area contributed by atoms with Crippen LogP contribution in [0.15, 0.2) is 27.9 Å². The number of aromatic nitrogens is 3. The van der Waals surface area contributed by atoms with E-state index in [0.29, 0.717) is 17.7 Å². The number of benzene rings is 1. The Labute approximate surface area is 129 Å². The summed E-state index contributed by atoms with van der Waals surface area (Å²) in [4.78, 5) is 36.5. The molecule has 6 nitrogen and oxygen atoms in total. The highest BCUT2D eigenvalue weighted by Gasteiger charge is 2.20. The molecule has 1 N–H and O–H groups in total. The second-order valence-corrected chi connectivity index (χ2v) is 6.07. The molecule has 0 bridgehead atoms. The zero-order valence-electron chi connectivity index (χ0n) is 12.5.